The van der Waals surface area contributed by atoms with E-state index in [9.17, 15) is 4.79 Å². The van der Waals surface area contributed by atoms with Gasteiger partial charge in [0, 0.05) is 45.7 Å². The number of nitrogens with two attached hydrogens (primary N) is 1. The third-order valence-electron chi connectivity index (χ3n) is 6.06. The number of ether oxygens (including phenoxy) is 1. The Bertz CT molecular complexity index is 629. The zero-order valence-corrected chi connectivity index (χ0v) is 19.9. The number of anilines is 1. The molecule has 1 radical (unpaired) electrons. The second-order valence-corrected chi connectivity index (χ2v) is 8.53. The molecule has 5 heteroatoms. The number of hydrogen-bond acceptors (Lipinski definition) is 3. The zero-order valence-electron chi connectivity index (χ0n) is 17.0. The number of nitrogen functional groups attached to an aromatic ring is 1. The molecule has 3 rings (SSSR count). The molecule has 0 unspecified atom stereocenters. The third-order valence-corrected chi connectivity index (χ3v) is 6.06. The maximum absolute atomic E-state index is 12.9. The maximum Gasteiger partial charge on any atom is 0.215 e. The Labute approximate surface area is 189 Å². The summed E-state index contributed by atoms with van der Waals surface area (Å²) in [5, 5.41) is 0. The van der Waals surface area contributed by atoms with Crippen molar-refractivity contribution in [3.63, 3.8) is 0 Å². The standard InChI is InChI=1S/C22H33N2O2.Y/c1-15-4-8-21(9-5-15)26-14-20-10-16(2)13-24(20)22(25)12-18-6-7-19(23)11-17(18)3;/h6,11,15-16,20-21H,4-5,8-10,12-14,23H2,1-3H3;/q-1;/t15?,16-,20-,21?;/m0./s1. The summed E-state index contributed by atoms with van der Waals surface area (Å²) in [6.45, 7) is 8.08. The fourth-order valence-electron chi connectivity index (χ4n) is 4.36. The number of nitrogens with zero attached hydrogens (tertiary/aromatic N) is 1. The second kappa shape index (κ2) is 10.4. The van der Waals surface area contributed by atoms with Crippen molar-refractivity contribution in [2.24, 2.45) is 11.8 Å². The van der Waals surface area contributed by atoms with Crippen LogP contribution >= 0.6 is 0 Å². The first kappa shape index (κ1) is 22.8. The van der Waals surface area contributed by atoms with Crippen molar-refractivity contribution in [2.75, 3.05) is 18.9 Å². The number of aryl methyl sites for hydroxylation is 1. The summed E-state index contributed by atoms with van der Waals surface area (Å²) in [5.41, 5.74) is 8.48. The molecule has 27 heavy (non-hydrogen) atoms. The number of amides is 1. The SMILES string of the molecule is Cc1cc(N)[c-]cc1CC(=O)N1C[C@@H](C)C[C@H]1COC1CCC(C)CC1.[Y]. The Balaban J connectivity index is 0.00000261. The first-order valence-corrected chi connectivity index (χ1v) is 10.1. The molecular weight excluding hydrogens is 413 g/mol. The zero-order chi connectivity index (χ0) is 18.7. The van der Waals surface area contributed by atoms with E-state index in [-0.39, 0.29) is 44.7 Å². The predicted molar refractivity (Wildman–Crippen MR) is 105 cm³/mol. The van der Waals surface area contributed by atoms with Crippen molar-refractivity contribution < 1.29 is 42.2 Å². The Morgan fingerprint density at radius 2 is 1.96 bits per heavy atom. The van der Waals surface area contributed by atoms with Gasteiger partial charge in [0.15, 0.2) is 0 Å². The van der Waals surface area contributed by atoms with Crippen LogP contribution in [0.1, 0.15) is 57.1 Å². The van der Waals surface area contributed by atoms with Crippen molar-refractivity contribution >= 4 is 11.6 Å². The molecule has 4 nitrogen and oxygen atoms in total. The molecular formula is C22H33N2O2Y-. The molecule has 1 aromatic rings. The predicted octanol–water partition coefficient (Wildman–Crippen LogP) is 3.75. The van der Waals surface area contributed by atoms with E-state index < -0.39 is 0 Å². The van der Waals surface area contributed by atoms with Crippen LogP contribution in [0.5, 0.6) is 0 Å². The minimum absolute atomic E-state index is 0. The molecule has 1 aliphatic heterocycles. The number of likely N-dealkylation sites (tertiary alicyclic amines) is 1. The van der Waals surface area contributed by atoms with Crippen LogP contribution in [0.15, 0.2) is 12.1 Å². The van der Waals surface area contributed by atoms with Crippen molar-refractivity contribution in [1.29, 1.82) is 0 Å². The van der Waals surface area contributed by atoms with Crippen LogP contribution in [0.4, 0.5) is 5.69 Å². The maximum atomic E-state index is 12.9. The number of carbonyl (C=O) groups excluding carboxylic acids is 1. The second-order valence-electron chi connectivity index (χ2n) is 8.53. The molecule has 2 aliphatic rings. The Hall–Kier alpha value is -0.446. The first-order valence-electron chi connectivity index (χ1n) is 10.1. The molecule has 1 saturated carbocycles. The van der Waals surface area contributed by atoms with E-state index in [0.29, 0.717) is 30.7 Å². The van der Waals surface area contributed by atoms with Gasteiger partial charge in [-0.05, 0) is 43.9 Å². The van der Waals surface area contributed by atoms with Crippen LogP contribution in [0.2, 0.25) is 0 Å². The van der Waals surface area contributed by atoms with E-state index in [1.807, 2.05) is 24.0 Å². The van der Waals surface area contributed by atoms with Crippen molar-refractivity contribution in [2.45, 2.75) is 71.4 Å². The molecule has 0 spiro atoms. The largest absolute Gasteiger partial charge is 0.420 e. The Morgan fingerprint density at radius 3 is 2.63 bits per heavy atom. The number of hydrogen-bond donors (Lipinski definition) is 1. The average Bonchev–Trinajstić information content (AvgIpc) is 2.98. The molecule has 1 amide bonds. The van der Waals surface area contributed by atoms with Gasteiger partial charge < -0.3 is 15.4 Å². The molecule has 2 N–H and O–H groups in total. The molecule has 0 aromatic heterocycles. The van der Waals surface area contributed by atoms with Gasteiger partial charge in [0.05, 0.1) is 18.8 Å². The van der Waals surface area contributed by atoms with Crippen LogP contribution in [0.25, 0.3) is 0 Å². The first-order chi connectivity index (χ1) is 12.4. The molecule has 2 fully saturated rings. The number of rotatable bonds is 5. The van der Waals surface area contributed by atoms with E-state index in [4.69, 9.17) is 10.5 Å². The molecule has 2 atom stereocenters. The van der Waals surface area contributed by atoms with Crippen LogP contribution in [0, 0.1) is 24.8 Å². The van der Waals surface area contributed by atoms with Gasteiger partial charge in [-0.15, -0.1) is 11.6 Å². The summed E-state index contributed by atoms with van der Waals surface area (Å²) in [7, 11) is 0. The third kappa shape index (κ3) is 6.27. The molecule has 1 saturated heterocycles. The molecule has 1 heterocycles. The van der Waals surface area contributed by atoms with Gasteiger partial charge >= 0.3 is 0 Å². The monoisotopic (exact) mass is 446 g/mol. The minimum Gasteiger partial charge on any atom is -0.420 e. The minimum atomic E-state index is 0. The normalized spacial score (nSPS) is 28.0. The quantitative estimate of drug-likeness (QED) is 0.554. The Kier molecular flexibility index (Phi) is 8.77. The van der Waals surface area contributed by atoms with Gasteiger partial charge in [-0.25, -0.2) is 0 Å². The van der Waals surface area contributed by atoms with E-state index in [1.165, 1.54) is 12.8 Å². The van der Waals surface area contributed by atoms with Crippen LogP contribution in [-0.4, -0.2) is 36.1 Å². The summed E-state index contributed by atoms with van der Waals surface area (Å²) in [6, 6.07) is 6.97. The van der Waals surface area contributed by atoms with Crippen molar-refractivity contribution in [1.82, 2.24) is 4.90 Å². The summed E-state index contributed by atoms with van der Waals surface area (Å²) >= 11 is 0. The van der Waals surface area contributed by atoms with Crippen molar-refractivity contribution in [3.8, 4) is 0 Å². The number of carbonyl (C=O) groups is 1. The fourth-order valence-corrected chi connectivity index (χ4v) is 4.36. The molecule has 1 aliphatic carbocycles. The smallest absolute Gasteiger partial charge is 0.215 e. The summed E-state index contributed by atoms with van der Waals surface area (Å²) in [5.74, 6) is 1.57. The van der Waals surface area contributed by atoms with Crippen LogP contribution in [0.3, 0.4) is 0 Å². The van der Waals surface area contributed by atoms with E-state index in [1.54, 1.807) is 0 Å². The van der Waals surface area contributed by atoms with E-state index >= 15 is 0 Å². The van der Waals surface area contributed by atoms with E-state index in [0.717, 1.165) is 42.9 Å². The summed E-state index contributed by atoms with van der Waals surface area (Å²) in [6.07, 6.45) is 6.71. The van der Waals surface area contributed by atoms with Gasteiger partial charge in [0.2, 0.25) is 5.91 Å². The van der Waals surface area contributed by atoms with Gasteiger partial charge in [0.1, 0.15) is 0 Å². The Morgan fingerprint density at radius 1 is 1.26 bits per heavy atom. The summed E-state index contributed by atoms with van der Waals surface area (Å²) < 4.78 is 6.22. The molecule has 147 valence electrons. The van der Waals surface area contributed by atoms with Crippen LogP contribution in [-0.2, 0) is 48.7 Å². The number of benzene rings is 1. The van der Waals surface area contributed by atoms with Gasteiger partial charge in [-0.1, -0.05) is 26.5 Å². The molecule has 0 bridgehead atoms. The molecule has 1 aromatic carbocycles. The van der Waals surface area contributed by atoms with Gasteiger partial charge in [0.25, 0.3) is 0 Å². The van der Waals surface area contributed by atoms with Crippen LogP contribution < -0.4 is 5.73 Å². The fraction of sp³-hybridized carbons (Fsp3) is 0.682. The average molecular weight is 446 g/mol. The van der Waals surface area contributed by atoms with Crippen molar-refractivity contribution in [3.05, 3.63) is 29.3 Å². The van der Waals surface area contributed by atoms with Gasteiger partial charge in [-0.2, -0.15) is 17.7 Å². The van der Waals surface area contributed by atoms with E-state index in [2.05, 4.69) is 19.9 Å². The van der Waals surface area contributed by atoms with Gasteiger partial charge in [-0.3, -0.25) is 4.79 Å². The topological polar surface area (TPSA) is 55.6 Å². The summed E-state index contributed by atoms with van der Waals surface area (Å²) in [4.78, 5) is 15.0.